The summed E-state index contributed by atoms with van der Waals surface area (Å²) in [5.41, 5.74) is 7.67. The van der Waals surface area contributed by atoms with Crippen LogP contribution < -0.4 is 5.73 Å². The van der Waals surface area contributed by atoms with E-state index in [1.807, 2.05) is 19.1 Å². The molecule has 1 atom stereocenters. The molecule has 3 heteroatoms. The van der Waals surface area contributed by atoms with E-state index in [4.69, 9.17) is 10.5 Å². The van der Waals surface area contributed by atoms with Crippen LogP contribution in [0.4, 0.5) is 0 Å². The van der Waals surface area contributed by atoms with Crippen molar-refractivity contribution in [1.29, 1.82) is 0 Å². The lowest BCUT2D eigenvalue weighted by Gasteiger charge is -2.30. The molecule has 1 rings (SSSR count). The van der Waals surface area contributed by atoms with Crippen LogP contribution in [0.5, 0.6) is 0 Å². The zero-order chi connectivity index (χ0) is 14.3. The number of carbonyl (C=O) groups excluding carboxylic acids is 1. The summed E-state index contributed by atoms with van der Waals surface area (Å²) in [5, 5.41) is 0. The zero-order valence-corrected chi connectivity index (χ0v) is 12.2. The maximum atomic E-state index is 12.3. The van der Waals surface area contributed by atoms with Crippen LogP contribution in [0.15, 0.2) is 24.3 Å². The standard InChI is InChI=1S/C16H25NO2/c1-4-9-16(12-17,15(18)19-5-2)11-14-8-6-7-13(3)10-14/h6-8,10H,4-5,9,11-12,17H2,1-3H3. The van der Waals surface area contributed by atoms with Crippen molar-refractivity contribution in [3.63, 3.8) is 0 Å². The molecular weight excluding hydrogens is 238 g/mol. The van der Waals surface area contributed by atoms with E-state index in [2.05, 4.69) is 26.0 Å². The molecule has 0 bridgehead atoms. The van der Waals surface area contributed by atoms with Crippen LogP contribution in [-0.4, -0.2) is 19.1 Å². The Kier molecular flexibility index (Phi) is 6.03. The molecular formula is C16H25NO2. The first kappa shape index (κ1) is 15.7. The van der Waals surface area contributed by atoms with E-state index in [0.29, 0.717) is 19.6 Å². The number of ether oxygens (including phenoxy) is 1. The highest BCUT2D eigenvalue weighted by Gasteiger charge is 2.37. The summed E-state index contributed by atoms with van der Waals surface area (Å²) in [6.45, 7) is 6.68. The first-order valence-electron chi connectivity index (χ1n) is 7.00. The smallest absolute Gasteiger partial charge is 0.313 e. The second-order valence-corrected chi connectivity index (χ2v) is 5.12. The molecule has 0 heterocycles. The van der Waals surface area contributed by atoms with Crippen LogP contribution in [-0.2, 0) is 16.0 Å². The maximum Gasteiger partial charge on any atom is 0.313 e. The van der Waals surface area contributed by atoms with E-state index in [-0.39, 0.29) is 5.97 Å². The molecule has 3 nitrogen and oxygen atoms in total. The van der Waals surface area contributed by atoms with Crippen molar-refractivity contribution in [3.05, 3.63) is 35.4 Å². The average molecular weight is 263 g/mol. The van der Waals surface area contributed by atoms with Crippen molar-refractivity contribution in [3.8, 4) is 0 Å². The van der Waals surface area contributed by atoms with Gasteiger partial charge in [-0.25, -0.2) is 0 Å². The maximum absolute atomic E-state index is 12.3. The summed E-state index contributed by atoms with van der Waals surface area (Å²) >= 11 is 0. The van der Waals surface area contributed by atoms with Crippen molar-refractivity contribution < 1.29 is 9.53 Å². The Morgan fingerprint density at radius 1 is 1.37 bits per heavy atom. The lowest BCUT2D eigenvalue weighted by Crippen LogP contribution is -2.42. The highest BCUT2D eigenvalue weighted by molar-refractivity contribution is 5.77. The van der Waals surface area contributed by atoms with Crippen molar-refractivity contribution in [2.45, 2.75) is 40.0 Å². The number of benzene rings is 1. The van der Waals surface area contributed by atoms with Crippen molar-refractivity contribution >= 4 is 5.97 Å². The molecule has 0 saturated heterocycles. The third-order valence-corrected chi connectivity index (χ3v) is 3.45. The lowest BCUT2D eigenvalue weighted by molar-refractivity contribution is -0.155. The van der Waals surface area contributed by atoms with E-state index in [0.717, 1.165) is 18.4 Å². The third kappa shape index (κ3) is 4.06. The SMILES string of the molecule is CCCC(CN)(Cc1cccc(C)c1)C(=O)OCC. The Balaban J connectivity index is 2.99. The predicted octanol–water partition coefficient (Wildman–Crippen LogP) is 2.85. The Morgan fingerprint density at radius 3 is 2.63 bits per heavy atom. The fourth-order valence-corrected chi connectivity index (χ4v) is 2.50. The third-order valence-electron chi connectivity index (χ3n) is 3.45. The first-order valence-corrected chi connectivity index (χ1v) is 7.00. The molecule has 19 heavy (non-hydrogen) atoms. The Morgan fingerprint density at radius 2 is 2.11 bits per heavy atom. The number of carbonyl (C=O) groups is 1. The number of esters is 1. The van der Waals surface area contributed by atoms with Crippen LogP contribution in [0.25, 0.3) is 0 Å². The molecule has 2 N–H and O–H groups in total. The molecule has 0 fully saturated rings. The van der Waals surface area contributed by atoms with Gasteiger partial charge < -0.3 is 10.5 Å². The van der Waals surface area contributed by atoms with Gasteiger partial charge in [0.15, 0.2) is 0 Å². The van der Waals surface area contributed by atoms with Crippen LogP contribution in [0.3, 0.4) is 0 Å². The van der Waals surface area contributed by atoms with Gasteiger partial charge >= 0.3 is 5.97 Å². The topological polar surface area (TPSA) is 52.3 Å². The Labute approximate surface area is 116 Å². The van der Waals surface area contributed by atoms with Gasteiger partial charge in [-0.1, -0.05) is 43.2 Å². The molecule has 1 aromatic carbocycles. The molecule has 0 spiro atoms. The van der Waals surface area contributed by atoms with Gasteiger partial charge in [-0.05, 0) is 32.3 Å². The zero-order valence-electron chi connectivity index (χ0n) is 12.2. The fourth-order valence-electron chi connectivity index (χ4n) is 2.50. The first-order chi connectivity index (χ1) is 9.07. The summed E-state index contributed by atoms with van der Waals surface area (Å²) in [5.74, 6) is -0.166. The van der Waals surface area contributed by atoms with Gasteiger partial charge in [0.25, 0.3) is 0 Å². The van der Waals surface area contributed by atoms with Gasteiger partial charge in [0.1, 0.15) is 0 Å². The monoisotopic (exact) mass is 263 g/mol. The summed E-state index contributed by atoms with van der Waals surface area (Å²) < 4.78 is 5.23. The highest BCUT2D eigenvalue weighted by atomic mass is 16.5. The van der Waals surface area contributed by atoms with E-state index >= 15 is 0 Å². The molecule has 0 radical (unpaired) electrons. The lowest BCUT2D eigenvalue weighted by atomic mass is 9.77. The highest BCUT2D eigenvalue weighted by Crippen LogP contribution is 2.30. The minimum absolute atomic E-state index is 0.166. The van der Waals surface area contributed by atoms with E-state index < -0.39 is 5.41 Å². The molecule has 0 aliphatic heterocycles. The number of aryl methyl sites for hydroxylation is 1. The molecule has 0 saturated carbocycles. The Bertz CT molecular complexity index is 417. The quantitative estimate of drug-likeness (QED) is 0.770. The minimum Gasteiger partial charge on any atom is -0.466 e. The van der Waals surface area contributed by atoms with Gasteiger partial charge in [0.05, 0.1) is 12.0 Å². The van der Waals surface area contributed by atoms with Crippen LogP contribution in [0.1, 0.15) is 37.8 Å². The Hall–Kier alpha value is -1.35. The number of nitrogens with two attached hydrogens (primary N) is 1. The van der Waals surface area contributed by atoms with Crippen LogP contribution in [0.2, 0.25) is 0 Å². The molecule has 106 valence electrons. The van der Waals surface area contributed by atoms with Crippen molar-refractivity contribution in [2.75, 3.05) is 13.2 Å². The van der Waals surface area contributed by atoms with E-state index in [9.17, 15) is 4.79 Å². The molecule has 1 unspecified atom stereocenters. The van der Waals surface area contributed by atoms with Crippen LogP contribution >= 0.6 is 0 Å². The van der Waals surface area contributed by atoms with E-state index in [1.54, 1.807) is 0 Å². The molecule has 0 aromatic heterocycles. The van der Waals surface area contributed by atoms with Crippen LogP contribution in [0, 0.1) is 12.3 Å². The van der Waals surface area contributed by atoms with Gasteiger partial charge in [0, 0.05) is 6.54 Å². The number of hydrogen-bond donors (Lipinski definition) is 1. The predicted molar refractivity (Wildman–Crippen MR) is 77.9 cm³/mol. The summed E-state index contributed by atoms with van der Waals surface area (Å²) in [6.07, 6.45) is 2.33. The van der Waals surface area contributed by atoms with Gasteiger partial charge in [-0.2, -0.15) is 0 Å². The normalized spacial score (nSPS) is 13.9. The molecule has 0 aliphatic rings. The number of rotatable bonds is 7. The van der Waals surface area contributed by atoms with Gasteiger partial charge in [0.2, 0.25) is 0 Å². The molecule has 0 amide bonds. The molecule has 1 aromatic rings. The second-order valence-electron chi connectivity index (χ2n) is 5.12. The van der Waals surface area contributed by atoms with Crippen molar-refractivity contribution in [1.82, 2.24) is 0 Å². The minimum atomic E-state index is -0.585. The fraction of sp³-hybridized carbons (Fsp3) is 0.562. The summed E-state index contributed by atoms with van der Waals surface area (Å²) in [7, 11) is 0. The second kappa shape index (κ2) is 7.29. The van der Waals surface area contributed by atoms with Gasteiger partial charge in [-0.3, -0.25) is 4.79 Å². The molecule has 0 aliphatic carbocycles. The largest absolute Gasteiger partial charge is 0.466 e. The van der Waals surface area contributed by atoms with E-state index in [1.165, 1.54) is 5.56 Å². The average Bonchev–Trinajstić information content (AvgIpc) is 2.38. The summed E-state index contributed by atoms with van der Waals surface area (Å²) in [6, 6.07) is 8.23. The summed E-state index contributed by atoms with van der Waals surface area (Å²) in [4.78, 5) is 12.3. The van der Waals surface area contributed by atoms with Crippen molar-refractivity contribution in [2.24, 2.45) is 11.1 Å². The number of hydrogen-bond acceptors (Lipinski definition) is 3. The van der Waals surface area contributed by atoms with Gasteiger partial charge in [-0.15, -0.1) is 0 Å².